The third-order valence-corrected chi connectivity index (χ3v) is 2.76. The molecule has 2 aromatic rings. The number of para-hydroxylation sites is 1. The summed E-state index contributed by atoms with van der Waals surface area (Å²) in [7, 11) is 0. The Balaban J connectivity index is 2.36. The Hall–Kier alpha value is -1.87. The van der Waals surface area contributed by atoms with Gasteiger partial charge in [0.25, 0.3) is 0 Å². The maximum atomic E-state index is 13.2. The fourth-order valence-corrected chi connectivity index (χ4v) is 1.90. The van der Waals surface area contributed by atoms with Crippen molar-refractivity contribution in [3.8, 4) is 5.75 Å². The zero-order valence-corrected chi connectivity index (χ0v) is 10.3. The van der Waals surface area contributed by atoms with Crippen molar-refractivity contribution in [1.29, 1.82) is 0 Å². The highest BCUT2D eigenvalue weighted by Crippen LogP contribution is 2.28. The van der Waals surface area contributed by atoms with E-state index in [9.17, 15) is 4.39 Å². The molecule has 0 aromatic heterocycles. The van der Waals surface area contributed by atoms with E-state index in [1.165, 1.54) is 12.1 Å². The molecule has 0 aliphatic carbocycles. The van der Waals surface area contributed by atoms with Crippen molar-refractivity contribution in [2.24, 2.45) is 5.73 Å². The van der Waals surface area contributed by atoms with Gasteiger partial charge in [-0.05, 0) is 30.7 Å². The van der Waals surface area contributed by atoms with E-state index in [2.05, 4.69) is 0 Å². The van der Waals surface area contributed by atoms with Crippen LogP contribution in [0.3, 0.4) is 0 Å². The van der Waals surface area contributed by atoms with E-state index >= 15 is 0 Å². The number of halogens is 1. The number of hydrogen-bond donors (Lipinski definition) is 1. The Morgan fingerprint density at radius 1 is 1.17 bits per heavy atom. The van der Waals surface area contributed by atoms with Gasteiger partial charge >= 0.3 is 0 Å². The summed E-state index contributed by atoms with van der Waals surface area (Å²) in [6.45, 7) is 2.50. The van der Waals surface area contributed by atoms with Gasteiger partial charge in [-0.1, -0.05) is 30.3 Å². The lowest BCUT2D eigenvalue weighted by molar-refractivity contribution is 0.335. The van der Waals surface area contributed by atoms with Gasteiger partial charge in [-0.15, -0.1) is 0 Å². The monoisotopic (exact) mass is 245 g/mol. The molecule has 94 valence electrons. The molecule has 18 heavy (non-hydrogen) atoms. The van der Waals surface area contributed by atoms with Crippen molar-refractivity contribution in [1.82, 2.24) is 0 Å². The molecule has 0 bridgehead atoms. The van der Waals surface area contributed by atoms with Crippen LogP contribution >= 0.6 is 0 Å². The molecule has 0 saturated carbocycles. The number of hydrogen-bond acceptors (Lipinski definition) is 2. The second-order valence-electron chi connectivity index (χ2n) is 4.00. The Labute approximate surface area is 106 Å². The average Bonchev–Trinajstić information content (AvgIpc) is 2.39. The summed E-state index contributed by atoms with van der Waals surface area (Å²) in [5.74, 6) is 0.466. The van der Waals surface area contributed by atoms with Crippen molar-refractivity contribution < 1.29 is 9.13 Å². The first-order valence-electron chi connectivity index (χ1n) is 5.95. The van der Waals surface area contributed by atoms with Gasteiger partial charge < -0.3 is 10.5 Å². The maximum absolute atomic E-state index is 13.2. The van der Waals surface area contributed by atoms with Crippen LogP contribution in [0.1, 0.15) is 24.1 Å². The predicted molar refractivity (Wildman–Crippen MR) is 70.0 cm³/mol. The van der Waals surface area contributed by atoms with Crippen LogP contribution in [0.25, 0.3) is 0 Å². The van der Waals surface area contributed by atoms with Gasteiger partial charge in [0.2, 0.25) is 0 Å². The zero-order chi connectivity index (χ0) is 13.0. The molecule has 0 heterocycles. The lowest BCUT2D eigenvalue weighted by Gasteiger charge is -2.16. The fraction of sp³-hybridized carbons (Fsp3) is 0.200. The van der Waals surface area contributed by atoms with Crippen molar-refractivity contribution >= 4 is 0 Å². The van der Waals surface area contributed by atoms with Gasteiger partial charge in [0.05, 0.1) is 12.6 Å². The standard InChI is InChI=1S/C15H16FNO/c1-2-18-14-9-4-3-8-13(14)15(17)11-6-5-7-12(16)10-11/h3-10,15H,2,17H2,1H3. The van der Waals surface area contributed by atoms with Crippen LogP contribution in [0.2, 0.25) is 0 Å². The Morgan fingerprint density at radius 2 is 1.94 bits per heavy atom. The Kier molecular flexibility index (Phi) is 3.95. The molecule has 0 radical (unpaired) electrons. The van der Waals surface area contributed by atoms with E-state index in [1.54, 1.807) is 6.07 Å². The minimum absolute atomic E-state index is 0.281. The number of benzene rings is 2. The molecule has 1 unspecified atom stereocenters. The summed E-state index contributed by atoms with van der Waals surface area (Å²) < 4.78 is 18.7. The van der Waals surface area contributed by atoms with Crippen LogP contribution in [0.4, 0.5) is 4.39 Å². The smallest absolute Gasteiger partial charge is 0.124 e. The van der Waals surface area contributed by atoms with Crippen LogP contribution in [0, 0.1) is 5.82 Å². The molecular weight excluding hydrogens is 229 g/mol. The molecule has 1 atom stereocenters. The van der Waals surface area contributed by atoms with E-state index in [-0.39, 0.29) is 11.9 Å². The summed E-state index contributed by atoms with van der Waals surface area (Å²) in [6, 6.07) is 13.5. The molecular formula is C15H16FNO. The van der Waals surface area contributed by atoms with E-state index in [4.69, 9.17) is 10.5 Å². The molecule has 0 spiro atoms. The summed E-state index contributed by atoms with van der Waals surface area (Å²) in [6.07, 6.45) is 0. The fourth-order valence-electron chi connectivity index (χ4n) is 1.90. The normalized spacial score (nSPS) is 12.2. The first-order valence-corrected chi connectivity index (χ1v) is 5.95. The molecule has 0 saturated heterocycles. The number of ether oxygens (including phenoxy) is 1. The molecule has 0 aliphatic heterocycles. The van der Waals surface area contributed by atoms with Crippen molar-refractivity contribution in [2.75, 3.05) is 6.61 Å². The Bertz CT molecular complexity index is 527. The first-order chi connectivity index (χ1) is 8.72. The SMILES string of the molecule is CCOc1ccccc1C(N)c1cccc(F)c1. The van der Waals surface area contributed by atoms with Gasteiger partial charge in [-0.25, -0.2) is 4.39 Å². The van der Waals surface area contributed by atoms with Gasteiger partial charge in [0.15, 0.2) is 0 Å². The molecule has 0 aliphatic rings. The summed E-state index contributed by atoms with van der Waals surface area (Å²) >= 11 is 0. The van der Waals surface area contributed by atoms with Gasteiger partial charge in [0.1, 0.15) is 11.6 Å². The van der Waals surface area contributed by atoms with Crippen LogP contribution in [-0.2, 0) is 0 Å². The van der Waals surface area contributed by atoms with E-state index in [1.807, 2.05) is 37.3 Å². The first kappa shape index (κ1) is 12.6. The van der Waals surface area contributed by atoms with Crippen LogP contribution in [-0.4, -0.2) is 6.61 Å². The highest BCUT2D eigenvalue weighted by atomic mass is 19.1. The molecule has 2 aromatic carbocycles. The average molecular weight is 245 g/mol. The summed E-state index contributed by atoms with van der Waals surface area (Å²) in [5.41, 5.74) is 7.77. The molecule has 2 nitrogen and oxygen atoms in total. The van der Waals surface area contributed by atoms with E-state index in [0.29, 0.717) is 6.61 Å². The predicted octanol–water partition coefficient (Wildman–Crippen LogP) is 3.27. The minimum atomic E-state index is -0.386. The lowest BCUT2D eigenvalue weighted by atomic mass is 9.99. The van der Waals surface area contributed by atoms with Crippen molar-refractivity contribution in [3.63, 3.8) is 0 Å². The molecule has 0 amide bonds. The summed E-state index contributed by atoms with van der Waals surface area (Å²) in [4.78, 5) is 0. The second-order valence-corrected chi connectivity index (χ2v) is 4.00. The maximum Gasteiger partial charge on any atom is 0.124 e. The molecule has 2 N–H and O–H groups in total. The van der Waals surface area contributed by atoms with Gasteiger partial charge in [0, 0.05) is 5.56 Å². The van der Waals surface area contributed by atoms with Gasteiger partial charge in [-0.2, -0.15) is 0 Å². The topological polar surface area (TPSA) is 35.2 Å². The largest absolute Gasteiger partial charge is 0.494 e. The highest BCUT2D eigenvalue weighted by Gasteiger charge is 2.14. The Morgan fingerprint density at radius 3 is 2.67 bits per heavy atom. The van der Waals surface area contributed by atoms with E-state index in [0.717, 1.165) is 16.9 Å². The zero-order valence-electron chi connectivity index (χ0n) is 10.3. The molecule has 3 heteroatoms. The van der Waals surface area contributed by atoms with Crippen LogP contribution < -0.4 is 10.5 Å². The minimum Gasteiger partial charge on any atom is -0.494 e. The number of nitrogens with two attached hydrogens (primary N) is 1. The van der Waals surface area contributed by atoms with Gasteiger partial charge in [-0.3, -0.25) is 0 Å². The van der Waals surface area contributed by atoms with Crippen LogP contribution in [0.15, 0.2) is 48.5 Å². The second kappa shape index (κ2) is 5.65. The summed E-state index contributed by atoms with van der Waals surface area (Å²) in [5, 5.41) is 0. The molecule has 0 fully saturated rings. The third-order valence-electron chi connectivity index (χ3n) is 2.76. The molecule has 2 rings (SSSR count). The van der Waals surface area contributed by atoms with E-state index < -0.39 is 0 Å². The van der Waals surface area contributed by atoms with Crippen molar-refractivity contribution in [2.45, 2.75) is 13.0 Å². The van der Waals surface area contributed by atoms with Crippen LogP contribution in [0.5, 0.6) is 5.75 Å². The quantitative estimate of drug-likeness (QED) is 0.897. The number of rotatable bonds is 4. The lowest BCUT2D eigenvalue weighted by Crippen LogP contribution is -2.13. The van der Waals surface area contributed by atoms with Crippen molar-refractivity contribution in [3.05, 3.63) is 65.5 Å². The third kappa shape index (κ3) is 2.68. The highest BCUT2D eigenvalue weighted by molar-refractivity contribution is 5.41.